The first-order valence-electron chi connectivity index (χ1n) is 10.9. The molecule has 0 saturated heterocycles. The van der Waals surface area contributed by atoms with E-state index in [9.17, 15) is 19.4 Å². The van der Waals surface area contributed by atoms with Crippen LogP contribution in [0.4, 0.5) is 10.2 Å². The number of pyridine rings is 1. The molecule has 9 heteroatoms. The van der Waals surface area contributed by atoms with Crippen LogP contribution in [0, 0.1) is 12.7 Å². The summed E-state index contributed by atoms with van der Waals surface area (Å²) in [4.78, 5) is 17.1. The molecule has 0 unspecified atom stereocenters. The summed E-state index contributed by atoms with van der Waals surface area (Å²) in [5, 5.41) is 29.6. The molecule has 1 saturated carbocycles. The number of carbonyl (C=O) groups excluding carboxylic acids is 1. The number of hydrogen-bond donors (Lipinski definition) is 4. The summed E-state index contributed by atoms with van der Waals surface area (Å²) in [5.41, 5.74) is 3.89. The number of carbonyl (C=O) groups is 1. The number of nitrogens with one attached hydrogen (secondary N) is 2. The number of aryl methyl sites for hydroxylation is 2. The Morgan fingerprint density at radius 2 is 2.00 bits per heavy atom. The Bertz CT molecular complexity index is 1190. The van der Waals surface area contributed by atoms with Gasteiger partial charge in [-0.25, -0.2) is 9.37 Å². The molecule has 0 spiro atoms. The molecular weight excluding hydrogens is 425 g/mol. The van der Waals surface area contributed by atoms with Gasteiger partial charge in [-0.2, -0.15) is 5.10 Å². The second kappa shape index (κ2) is 9.29. The van der Waals surface area contributed by atoms with Crippen molar-refractivity contribution in [3.05, 3.63) is 53.2 Å². The van der Waals surface area contributed by atoms with Gasteiger partial charge in [-0.3, -0.25) is 9.48 Å². The highest BCUT2D eigenvalue weighted by atomic mass is 19.1. The lowest BCUT2D eigenvalue weighted by Crippen LogP contribution is -2.26. The van der Waals surface area contributed by atoms with Crippen molar-refractivity contribution >= 4 is 11.7 Å². The maximum Gasteiger partial charge on any atom is 0.254 e. The summed E-state index contributed by atoms with van der Waals surface area (Å²) in [7, 11) is 1.76. The first kappa shape index (κ1) is 22.9. The van der Waals surface area contributed by atoms with E-state index in [0.29, 0.717) is 39.3 Å². The molecule has 8 nitrogen and oxygen atoms in total. The third-order valence-electron chi connectivity index (χ3n) is 5.67. The number of anilines is 1. The zero-order valence-corrected chi connectivity index (χ0v) is 18.9. The second-order valence-electron chi connectivity index (χ2n) is 8.56. The van der Waals surface area contributed by atoms with Crippen LogP contribution in [0.1, 0.15) is 41.4 Å². The highest BCUT2D eigenvalue weighted by molar-refractivity contribution is 5.96. The van der Waals surface area contributed by atoms with Gasteiger partial charge in [-0.1, -0.05) is 0 Å². The van der Waals surface area contributed by atoms with Gasteiger partial charge in [0.15, 0.2) is 0 Å². The molecular formula is C24H28FN5O3. The quantitative estimate of drug-likeness (QED) is 0.417. The molecule has 1 fully saturated rings. The van der Waals surface area contributed by atoms with Crippen molar-refractivity contribution < 1.29 is 19.4 Å². The largest absolute Gasteiger partial charge is 0.394 e. The highest BCUT2D eigenvalue weighted by Gasteiger charge is 2.26. The van der Waals surface area contributed by atoms with Gasteiger partial charge >= 0.3 is 0 Å². The average Bonchev–Trinajstić information content (AvgIpc) is 3.52. The SMILES string of the molecule is Cc1cc(F)c(C(=O)NC2CC2)cc1-c1cnc(N[C@@H](C)CO)c(-c2cn(C)nc2CO)c1. The molecule has 2 heterocycles. The Labute approximate surface area is 191 Å². The topological polar surface area (TPSA) is 112 Å². The molecule has 0 bridgehead atoms. The van der Waals surface area contributed by atoms with Gasteiger partial charge in [-0.15, -0.1) is 0 Å². The van der Waals surface area contributed by atoms with Crippen LogP contribution in [0.15, 0.2) is 30.6 Å². The van der Waals surface area contributed by atoms with E-state index < -0.39 is 11.7 Å². The number of aliphatic hydroxyl groups excluding tert-OH is 2. The van der Waals surface area contributed by atoms with Crippen LogP contribution in [0.2, 0.25) is 0 Å². The fraction of sp³-hybridized carbons (Fsp3) is 0.375. The number of aromatic nitrogens is 3. The number of hydrogen-bond acceptors (Lipinski definition) is 6. The Kier molecular flexibility index (Phi) is 6.44. The van der Waals surface area contributed by atoms with Gasteiger partial charge in [0.2, 0.25) is 0 Å². The van der Waals surface area contributed by atoms with Crippen molar-refractivity contribution in [2.45, 2.75) is 45.4 Å². The van der Waals surface area contributed by atoms with Gasteiger partial charge in [0, 0.05) is 48.2 Å². The third-order valence-corrected chi connectivity index (χ3v) is 5.67. The zero-order valence-electron chi connectivity index (χ0n) is 18.9. The minimum atomic E-state index is -0.563. The second-order valence-corrected chi connectivity index (χ2v) is 8.56. The van der Waals surface area contributed by atoms with E-state index in [0.717, 1.165) is 12.8 Å². The maximum absolute atomic E-state index is 14.6. The fourth-order valence-electron chi connectivity index (χ4n) is 3.74. The summed E-state index contributed by atoms with van der Waals surface area (Å²) in [6.07, 6.45) is 5.26. The summed E-state index contributed by atoms with van der Waals surface area (Å²) in [6, 6.07) is 4.67. The number of amides is 1. The first-order valence-corrected chi connectivity index (χ1v) is 10.9. The van der Waals surface area contributed by atoms with E-state index in [2.05, 4.69) is 20.7 Å². The van der Waals surface area contributed by atoms with Crippen LogP contribution in [-0.2, 0) is 13.7 Å². The van der Waals surface area contributed by atoms with Crippen molar-refractivity contribution in [3.8, 4) is 22.3 Å². The lowest BCUT2D eigenvalue weighted by atomic mass is 9.95. The highest BCUT2D eigenvalue weighted by Crippen LogP contribution is 2.35. The average molecular weight is 454 g/mol. The van der Waals surface area contributed by atoms with E-state index in [1.165, 1.54) is 6.07 Å². The van der Waals surface area contributed by atoms with Gasteiger partial charge in [0.25, 0.3) is 5.91 Å². The van der Waals surface area contributed by atoms with Crippen LogP contribution in [-0.4, -0.2) is 49.6 Å². The third kappa shape index (κ3) is 4.89. The molecule has 174 valence electrons. The molecule has 1 aromatic carbocycles. The van der Waals surface area contributed by atoms with E-state index in [1.54, 1.807) is 37.1 Å². The number of aliphatic hydroxyl groups is 2. The van der Waals surface area contributed by atoms with Gasteiger partial charge in [-0.05, 0) is 56.0 Å². The van der Waals surface area contributed by atoms with Crippen LogP contribution in [0.3, 0.4) is 0 Å². The molecule has 1 atom stereocenters. The number of nitrogens with zero attached hydrogens (tertiary/aromatic N) is 3. The van der Waals surface area contributed by atoms with Crippen LogP contribution in [0.25, 0.3) is 22.3 Å². The van der Waals surface area contributed by atoms with Crippen molar-refractivity contribution in [1.29, 1.82) is 0 Å². The fourth-order valence-corrected chi connectivity index (χ4v) is 3.74. The normalized spacial score (nSPS) is 14.2. The van der Waals surface area contributed by atoms with E-state index in [-0.39, 0.29) is 30.9 Å². The predicted molar refractivity (Wildman–Crippen MR) is 123 cm³/mol. The van der Waals surface area contributed by atoms with E-state index >= 15 is 0 Å². The molecule has 4 N–H and O–H groups in total. The van der Waals surface area contributed by atoms with E-state index in [1.807, 2.05) is 13.0 Å². The van der Waals surface area contributed by atoms with Gasteiger partial charge < -0.3 is 20.8 Å². The van der Waals surface area contributed by atoms with Crippen molar-refractivity contribution in [3.63, 3.8) is 0 Å². The Morgan fingerprint density at radius 1 is 1.24 bits per heavy atom. The Morgan fingerprint density at radius 3 is 2.67 bits per heavy atom. The van der Waals surface area contributed by atoms with Crippen LogP contribution in [0.5, 0.6) is 0 Å². The molecule has 1 aliphatic rings. The number of rotatable bonds is 8. The molecule has 0 radical (unpaired) electrons. The lowest BCUT2D eigenvalue weighted by Gasteiger charge is -2.17. The number of benzene rings is 1. The maximum atomic E-state index is 14.6. The monoisotopic (exact) mass is 453 g/mol. The summed E-state index contributed by atoms with van der Waals surface area (Å²) in [5.74, 6) is -0.462. The zero-order chi connectivity index (χ0) is 23.7. The molecule has 0 aliphatic heterocycles. The summed E-state index contributed by atoms with van der Waals surface area (Å²) >= 11 is 0. The van der Waals surface area contributed by atoms with Crippen molar-refractivity contribution in [1.82, 2.24) is 20.1 Å². The van der Waals surface area contributed by atoms with Crippen LogP contribution >= 0.6 is 0 Å². The van der Waals surface area contributed by atoms with Crippen molar-refractivity contribution in [2.75, 3.05) is 11.9 Å². The smallest absolute Gasteiger partial charge is 0.254 e. The Hall–Kier alpha value is -3.30. The minimum Gasteiger partial charge on any atom is -0.394 e. The molecule has 33 heavy (non-hydrogen) atoms. The summed E-state index contributed by atoms with van der Waals surface area (Å²) < 4.78 is 16.2. The van der Waals surface area contributed by atoms with Gasteiger partial charge in [0.1, 0.15) is 11.6 Å². The molecule has 4 rings (SSSR count). The summed E-state index contributed by atoms with van der Waals surface area (Å²) in [6.45, 7) is 3.27. The van der Waals surface area contributed by atoms with Crippen molar-refractivity contribution in [2.24, 2.45) is 7.05 Å². The Balaban J connectivity index is 1.82. The molecule has 3 aromatic rings. The van der Waals surface area contributed by atoms with Crippen LogP contribution < -0.4 is 10.6 Å². The number of halogens is 1. The minimum absolute atomic E-state index is 0.00224. The molecule has 2 aromatic heterocycles. The molecule has 1 amide bonds. The lowest BCUT2D eigenvalue weighted by molar-refractivity contribution is 0.0947. The van der Waals surface area contributed by atoms with Gasteiger partial charge in [0.05, 0.1) is 24.5 Å². The standard InChI is InChI=1S/C24H28FN5O3/c1-13-6-21(25)19(24(33)28-16-4-5-16)8-17(13)15-7-18(20-10-30(3)29-22(20)12-32)23(26-9-15)27-14(2)11-31/h6-10,14,16,31-32H,4-5,11-12H2,1-3H3,(H,26,27)(H,28,33)/t14-/m0/s1. The first-order chi connectivity index (χ1) is 15.8. The van der Waals surface area contributed by atoms with E-state index in [4.69, 9.17) is 0 Å². The molecule has 1 aliphatic carbocycles. The predicted octanol–water partition coefficient (Wildman–Crippen LogP) is 2.77.